The third-order valence-corrected chi connectivity index (χ3v) is 7.84. The molecule has 3 aromatic rings. The molecule has 4 rings (SSSR count). The molecular formula is C21H22N4O4S2. The van der Waals surface area contributed by atoms with E-state index < -0.39 is 10.0 Å². The first-order valence-electron chi connectivity index (χ1n) is 9.76. The van der Waals surface area contributed by atoms with Gasteiger partial charge in [0.25, 0.3) is 0 Å². The van der Waals surface area contributed by atoms with Gasteiger partial charge in [-0.1, -0.05) is 36.0 Å². The van der Waals surface area contributed by atoms with Crippen LogP contribution in [0.1, 0.15) is 5.56 Å². The van der Waals surface area contributed by atoms with Crippen molar-refractivity contribution in [3.63, 3.8) is 0 Å². The first kappa shape index (κ1) is 21.7. The highest BCUT2D eigenvalue weighted by atomic mass is 32.2. The lowest BCUT2D eigenvalue weighted by molar-refractivity contribution is -0.113. The van der Waals surface area contributed by atoms with Crippen molar-refractivity contribution < 1.29 is 17.9 Å². The molecule has 10 heteroatoms. The number of carbonyl (C=O) groups is 1. The van der Waals surface area contributed by atoms with Gasteiger partial charge in [0.2, 0.25) is 15.9 Å². The van der Waals surface area contributed by atoms with Crippen molar-refractivity contribution >= 4 is 44.3 Å². The molecule has 0 spiro atoms. The van der Waals surface area contributed by atoms with Crippen LogP contribution in [0.4, 0.5) is 5.69 Å². The molecule has 2 heterocycles. The molecule has 1 amide bonds. The molecule has 0 unspecified atom stereocenters. The van der Waals surface area contributed by atoms with Crippen LogP contribution in [0, 0.1) is 6.92 Å². The van der Waals surface area contributed by atoms with Crippen molar-refractivity contribution in [2.75, 3.05) is 37.4 Å². The fourth-order valence-corrected chi connectivity index (χ4v) is 5.47. The zero-order valence-electron chi connectivity index (χ0n) is 16.9. The van der Waals surface area contributed by atoms with Crippen LogP contribution in [0.25, 0.3) is 10.9 Å². The van der Waals surface area contributed by atoms with Crippen LogP contribution in [-0.2, 0) is 19.6 Å². The van der Waals surface area contributed by atoms with Gasteiger partial charge < -0.3 is 10.1 Å². The van der Waals surface area contributed by atoms with Gasteiger partial charge in [-0.25, -0.2) is 18.4 Å². The predicted octanol–water partition coefficient (Wildman–Crippen LogP) is 2.69. The Balaban J connectivity index is 1.47. The summed E-state index contributed by atoms with van der Waals surface area (Å²) in [6.45, 7) is 3.22. The zero-order chi connectivity index (χ0) is 21.8. The van der Waals surface area contributed by atoms with Crippen LogP contribution in [0.15, 0.2) is 58.7 Å². The third kappa shape index (κ3) is 4.87. The lowest BCUT2D eigenvalue weighted by Gasteiger charge is -2.26. The van der Waals surface area contributed by atoms with E-state index in [1.54, 1.807) is 12.1 Å². The number of amides is 1. The van der Waals surface area contributed by atoms with E-state index in [9.17, 15) is 13.2 Å². The van der Waals surface area contributed by atoms with Crippen LogP contribution in [0.2, 0.25) is 0 Å². The summed E-state index contributed by atoms with van der Waals surface area (Å²) < 4.78 is 32.5. The number of rotatable bonds is 6. The molecule has 1 N–H and O–H groups in total. The SMILES string of the molecule is Cc1ccc(S(=O)(=O)N2CCOCC2)cc1NC(=O)CSc1ncnc2ccccc12. The smallest absolute Gasteiger partial charge is 0.243 e. The van der Waals surface area contributed by atoms with E-state index in [1.165, 1.54) is 28.5 Å². The maximum absolute atomic E-state index is 12.9. The van der Waals surface area contributed by atoms with Gasteiger partial charge in [-0.15, -0.1) is 0 Å². The van der Waals surface area contributed by atoms with Crippen molar-refractivity contribution in [2.45, 2.75) is 16.8 Å². The van der Waals surface area contributed by atoms with E-state index in [1.807, 2.05) is 31.2 Å². The molecule has 1 aromatic heterocycles. The normalized spacial score (nSPS) is 15.1. The number of anilines is 1. The van der Waals surface area contributed by atoms with Crippen molar-refractivity contribution in [1.29, 1.82) is 0 Å². The number of fused-ring (bicyclic) bond motifs is 1. The Morgan fingerprint density at radius 3 is 2.74 bits per heavy atom. The van der Waals surface area contributed by atoms with Crippen molar-refractivity contribution in [3.05, 3.63) is 54.4 Å². The topological polar surface area (TPSA) is 101 Å². The summed E-state index contributed by atoms with van der Waals surface area (Å²) in [6.07, 6.45) is 1.48. The summed E-state index contributed by atoms with van der Waals surface area (Å²) in [6, 6.07) is 12.4. The number of nitrogens with one attached hydrogen (secondary N) is 1. The van der Waals surface area contributed by atoms with E-state index >= 15 is 0 Å². The largest absolute Gasteiger partial charge is 0.379 e. The average molecular weight is 459 g/mol. The lowest BCUT2D eigenvalue weighted by Crippen LogP contribution is -2.40. The number of carbonyl (C=O) groups excluding carboxylic acids is 1. The van der Waals surface area contributed by atoms with Gasteiger partial charge in [0.05, 0.1) is 29.4 Å². The van der Waals surface area contributed by atoms with Gasteiger partial charge >= 0.3 is 0 Å². The summed E-state index contributed by atoms with van der Waals surface area (Å²) in [5.41, 5.74) is 2.08. The van der Waals surface area contributed by atoms with Crippen molar-refractivity contribution in [1.82, 2.24) is 14.3 Å². The van der Waals surface area contributed by atoms with Crippen LogP contribution in [0.3, 0.4) is 0 Å². The van der Waals surface area contributed by atoms with Gasteiger partial charge in [-0.05, 0) is 30.7 Å². The molecule has 31 heavy (non-hydrogen) atoms. The van der Waals surface area contributed by atoms with Gasteiger partial charge in [0.15, 0.2) is 0 Å². The molecule has 1 aliphatic rings. The number of sulfonamides is 1. The minimum absolute atomic E-state index is 0.140. The number of aromatic nitrogens is 2. The summed E-state index contributed by atoms with van der Waals surface area (Å²) in [5, 5.41) is 4.44. The van der Waals surface area contributed by atoms with Crippen LogP contribution in [-0.4, -0.2) is 60.7 Å². The standard InChI is InChI=1S/C21H22N4O4S2/c1-15-6-7-16(31(27,28)25-8-10-29-11-9-25)12-19(15)24-20(26)13-30-21-17-4-2-3-5-18(17)22-14-23-21/h2-7,12,14H,8-11,13H2,1H3,(H,24,26). The molecule has 2 aromatic carbocycles. The average Bonchev–Trinajstić information content (AvgIpc) is 2.79. The van der Waals surface area contributed by atoms with Crippen molar-refractivity contribution in [3.8, 4) is 0 Å². The molecule has 162 valence electrons. The quantitative estimate of drug-likeness (QED) is 0.448. The van der Waals surface area contributed by atoms with Crippen LogP contribution in [0.5, 0.6) is 0 Å². The first-order chi connectivity index (χ1) is 14.9. The Hall–Kier alpha value is -2.53. The number of benzene rings is 2. The summed E-state index contributed by atoms with van der Waals surface area (Å²) >= 11 is 1.31. The Bertz CT molecular complexity index is 1210. The van der Waals surface area contributed by atoms with Crippen LogP contribution >= 0.6 is 11.8 Å². The van der Waals surface area contributed by atoms with E-state index in [0.717, 1.165) is 21.5 Å². The Morgan fingerprint density at radius 2 is 1.94 bits per heavy atom. The van der Waals surface area contributed by atoms with Crippen LogP contribution < -0.4 is 5.32 Å². The molecule has 1 fully saturated rings. The van der Waals surface area contributed by atoms with Gasteiger partial charge in [-0.2, -0.15) is 4.31 Å². The summed E-state index contributed by atoms with van der Waals surface area (Å²) in [7, 11) is -3.64. The molecule has 0 radical (unpaired) electrons. The maximum Gasteiger partial charge on any atom is 0.243 e. The second-order valence-electron chi connectivity index (χ2n) is 7.03. The monoisotopic (exact) mass is 458 g/mol. The van der Waals surface area contributed by atoms with Crippen molar-refractivity contribution in [2.24, 2.45) is 0 Å². The fraction of sp³-hybridized carbons (Fsp3) is 0.286. The fourth-order valence-electron chi connectivity index (χ4n) is 3.25. The molecule has 1 saturated heterocycles. The van der Waals surface area contributed by atoms with Gasteiger partial charge in [0, 0.05) is 24.2 Å². The number of ether oxygens (including phenoxy) is 1. The molecule has 0 atom stereocenters. The van der Waals surface area contributed by atoms with E-state index in [2.05, 4.69) is 15.3 Å². The molecule has 0 saturated carbocycles. The maximum atomic E-state index is 12.9. The molecule has 1 aliphatic heterocycles. The highest BCUT2D eigenvalue weighted by molar-refractivity contribution is 8.00. The molecule has 8 nitrogen and oxygen atoms in total. The highest BCUT2D eigenvalue weighted by Crippen LogP contribution is 2.26. The molecule has 0 bridgehead atoms. The Kier molecular flexibility index (Phi) is 6.51. The molecular weight excluding hydrogens is 436 g/mol. The summed E-state index contributed by atoms with van der Waals surface area (Å²) in [5.74, 6) is -0.0994. The number of hydrogen-bond acceptors (Lipinski definition) is 7. The first-order valence-corrected chi connectivity index (χ1v) is 12.2. The Labute approximate surface area is 185 Å². The van der Waals surface area contributed by atoms with E-state index in [4.69, 9.17) is 4.74 Å². The number of nitrogens with zero attached hydrogens (tertiary/aromatic N) is 3. The third-order valence-electron chi connectivity index (χ3n) is 4.94. The number of aryl methyl sites for hydroxylation is 1. The highest BCUT2D eigenvalue weighted by Gasteiger charge is 2.27. The minimum Gasteiger partial charge on any atom is -0.379 e. The van der Waals surface area contributed by atoms with E-state index in [0.29, 0.717) is 32.0 Å². The minimum atomic E-state index is -3.64. The Morgan fingerprint density at radius 1 is 1.16 bits per heavy atom. The van der Waals surface area contributed by atoms with Gasteiger partial charge in [-0.3, -0.25) is 4.79 Å². The number of morpholine rings is 1. The zero-order valence-corrected chi connectivity index (χ0v) is 18.6. The summed E-state index contributed by atoms with van der Waals surface area (Å²) in [4.78, 5) is 21.2. The predicted molar refractivity (Wildman–Crippen MR) is 120 cm³/mol. The lowest BCUT2D eigenvalue weighted by atomic mass is 10.2. The number of thioether (sulfide) groups is 1. The second kappa shape index (κ2) is 9.31. The number of para-hydroxylation sites is 1. The van der Waals surface area contributed by atoms with E-state index in [-0.39, 0.29) is 16.6 Å². The molecule has 0 aliphatic carbocycles. The second-order valence-corrected chi connectivity index (χ2v) is 9.93. The van der Waals surface area contributed by atoms with Gasteiger partial charge in [0.1, 0.15) is 11.4 Å². The number of hydrogen-bond donors (Lipinski definition) is 1.